The molecule has 0 aromatic heterocycles. The number of rotatable bonds is 3. The van der Waals surface area contributed by atoms with Gasteiger partial charge in [-0.2, -0.15) is 0 Å². The molecule has 0 aliphatic heterocycles. The molecule has 1 rings (SSSR count). The number of halogens is 1. The Labute approximate surface area is 82.4 Å². The summed E-state index contributed by atoms with van der Waals surface area (Å²) in [6.07, 6.45) is 0.567. The van der Waals surface area contributed by atoms with Gasteiger partial charge in [0.15, 0.2) is 0 Å². The highest BCUT2D eigenvalue weighted by molar-refractivity contribution is 9.10. The fraction of sp³-hybridized carbons (Fsp3) is 0.250. The molecule has 1 aromatic rings. The summed E-state index contributed by atoms with van der Waals surface area (Å²) in [4.78, 5) is 0. The Balaban J connectivity index is 2.63. The minimum atomic E-state index is -1.95. The Morgan fingerprint density at radius 2 is 2.08 bits per heavy atom. The standard InChI is InChI=1S/C8H9BrO2S/c9-8-4-2-1-3-7(8)5-6-12(10)11/h1-4H,5-6H2,(H,10,11)/p-1. The van der Waals surface area contributed by atoms with Crippen LogP contribution in [0.5, 0.6) is 0 Å². The molecule has 12 heavy (non-hydrogen) atoms. The van der Waals surface area contributed by atoms with Gasteiger partial charge in [-0.05, 0) is 18.1 Å². The van der Waals surface area contributed by atoms with Crippen LogP contribution in [-0.2, 0) is 17.5 Å². The summed E-state index contributed by atoms with van der Waals surface area (Å²) in [6, 6.07) is 7.62. The fourth-order valence-electron chi connectivity index (χ4n) is 0.894. The van der Waals surface area contributed by atoms with Crippen LogP contribution < -0.4 is 0 Å². The van der Waals surface area contributed by atoms with Crippen LogP contribution in [0.3, 0.4) is 0 Å². The van der Waals surface area contributed by atoms with Crippen LogP contribution in [0.2, 0.25) is 0 Å². The van der Waals surface area contributed by atoms with Crippen LogP contribution in [0.1, 0.15) is 5.56 Å². The molecule has 0 N–H and O–H groups in total. The molecule has 1 unspecified atom stereocenters. The summed E-state index contributed by atoms with van der Waals surface area (Å²) in [5.74, 6) is 0.183. The zero-order chi connectivity index (χ0) is 8.97. The van der Waals surface area contributed by atoms with E-state index < -0.39 is 11.1 Å². The lowest BCUT2D eigenvalue weighted by molar-refractivity contribution is 0.536. The largest absolute Gasteiger partial charge is 0.772 e. The molecular weight excluding hydrogens is 240 g/mol. The first kappa shape index (κ1) is 9.89. The van der Waals surface area contributed by atoms with Crippen LogP contribution in [0.15, 0.2) is 28.7 Å². The highest BCUT2D eigenvalue weighted by atomic mass is 79.9. The first-order chi connectivity index (χ1) is 5.70. The van der Waals surface area contributed by atoms with Gasteiger partial charge in [-0.1, -0.05) is 45.2 Å². The van der Waals surface area contributed by atoms with Crippen molar-refractivity contribution in [1.82, 2.24) is 0 Å². The lowest BCUT2D eigenvalue weighted by Crippen LogP contribution is -1.99. The average molecular weight is 248 g/mol. The minimum absolute atomic E-state index is 0.183. The molecular formula is C8H8BrO2S-. The molecule has 1 atom stereocenters. The van der Waals surface area contributed by atoms with E-state index in [4.69, 9.17) is 0 Å². The minimum Gasteiger partial charge on any atom is -0.772 e. The molecule has 0 saturated heterocycles. The molecule has 0 aliphatic carbocycles. The topological polar surface area (TPSA) is 40.1 Å². The van der Waals surface area contributed by atoms with E-state index >= 15 is 0 Å². The molecule has 0 saturated carbocycles. The molecule has 0 spiro atoms. The van der Waals surface area contributed by atoms with Crippen LogP contribution in [0, 0.1) is 0 Å². The maximum atomic E-state index is 10.3. The van der Waals surface area contributed by atoms with Gasteiger partial charge in [-0.25, -0.2) is 0 Å². The Kier molecular flexibility index (Phi) is 3.91. The van der Waals surface area contributed by atoms with E-state index in [9.17, 15) is 8.76 Å². The fourth-order valence-corrected chi connectivity index (χ4v) is 1.76. The van der Waals surface area contributed by atoms with Crippen LogP contribution in [0.4, 0.5) is 0 Å². The van der Waals surface area contributed by atoms with E-state index in [-0.39, 0.29) is 5.75 Å². The molecule has 0 heterocycles. The van der Waals surface area contributed by atoms with Gasteiger partial charge in [0.2, 0.25) is 0 Å². The second-order valence-corrected chi connectivity index (χ2v) is 4.22. The van der Waals surface area contributed by atoms with Gasteiger partial charge in [0, 0.05) is 10.2 Å². The molecule has 66 valence electrons. The van der Waals surface area contributed by atoms with Gasteiger partial charge in [0.05, 0.1) is 0 Å². The Morgan fingerprint density at radius 3 is 2.67 bits per heavy atom. The van der Waals surface area contributed by atoms with Crippen molar-refractivity contribution in [2.24, 2.45) is 0 Å². The van der Waals surface area contributed by atoms with Gasteiger partial charge in [-0.15, -0.1) is 0 Å². The molecule has 0 radical (unpaired) electrons. The van der Waals surface area contributed by atoms with E-state index in [2.05, 4.69) is 15.9 Å². The zero-order valence-corrected chi connectivity index (χ0v) is 8.73. The van der Waals surface area contributed by atoms with Crippen LogP contribution >= 0.6 is 15.9 Å². The summed E-state index contributed by atoms with van der Waals surface area (Å²) in [7, 11) is 0. The number of hydrogen-bond donors (Lipinski definition) is 0. The number of hydrogen-bond acceptors (Lipinski definition) is 2. The van der Waals surface area contributed by atoms with E-state index in [0.717, 1.165) is 10.0 Å². The molecule has 0 aliphatic rings. The smallest absolute Gasteiger partial charge is 0.0207 e. The van der Waals surface area contributed by atoms with Crippen molar-refractivity contribution in [3.05, 3.63) is 34.3 Å². The van der Waals surface area contributed by atoms with Gasteiger partial charge in [0.1, 0.15) is 0 Å². The normalized spacial score (nSPS) is 12.8. The molecule has 0 bridgehead atoms. The quantitative estimate of drug-likeness (QED) is 0.766. The van der Waals surface area contributed by atoms with Crippen molar-refractivity contribution in [3.8, 4) is 0 Å². The summed E-state index contributed by atoms with van der Waals surface area (Å²) >= 11 is 1.40. The predicted molar refractivity (Wildman–Crippen MR) is 51.6 cm³/mol. The second kappa shape index (κ2) is 4.74. The maximum Gasteiger partial charge on any atom is 0.0207 e. The van der Waals surface area contributed by atoms with Crippen LogP contribution in [0.25, 0.3) is 0 Å². The maximum absolute atomic E-state index is 10.3. The molecule has 0 fully saturated rings. The number of aryl methyl sites for hydroxylation is 1. The van der Waals surface area contributed by atoms with Gasteiger partial charge in [0.25, 0.3) is 0 Å². The monoisotopic (exact) mass is 247 g/mol. The van der Waals surface area contributed by atoms with Crippen LogP contribution in [-0.4, -0.2) is 14.5 Å². The summed E-state index contributed by atoms with van der Waals surface area (Å²) in [5.41, 5.74) is 1.03. The Morgan fingerprint density at radius 1 is 1.42 bits per heavy atom. The van der Waals surface area contributed by atoms with Crippen molar-refractivity contribution in [1.29, 1.82) is 0 Å². The lowest BCUT2D eigenvalue weighted by Gasteiger charge is -2.05. The van der Waals surface area contributed by atoms with Crippen molar-refractivity contribution >= 4 is 27.0 Å². The van der Waals surface area contributed by atoms with E-state index in [1.54, 1.807) is 0 Å². The Bertz CT molecular complexity index is 288. The third-order valence-electron chi connectivity index (χ3n) is 1.50. The van der Waals surface area contributed by atoms with Gasteiger partial charge < -0.3 is 4.55 Å². The van der Waals surface area contributed by atoms with E-state index in [0.29, 0.717) is 6.42 Å². The molecule has 0 amide bonds. The van der Waals surface area contributed by atoms with Crippen molar-refractivity contribution in [2.75, 3.05) is 5.75 Å². The van der Waals surface area contributed by atoms with Crippen molar-refractivity contribution < 1.29 is 8.76 Å². The molecule has 1 aromatic carbocycles. The zero-order valence-electron chi connectivity index (χ0n) is 6.33. The number of benzene rings is 1. The lowest BCUT2D eigenvalue weighted by atomic mass is 10.2. The van der Waals surface area contributed by atoms with E-state index in [1.807, 2.05) is 24.3 Å². The first-order valence-corrected chi connectivity index (χ1v) is 5.53. The first-order valence-electron chi connectivity index (χ1n) is 3.49. The summed E-state index contributed by atoms with van der Waals surface area (Å²) < 4.78 is 21.5. The summed E-state index contributed by atoms with van der Waals surface area (Å²) in [5, 5.41) is 0. The highest BCUT2D eigenvalue weighted by Crippen LogP contribution is 2.16. The summed E-state index contributed by atoms with van der Waals surface area (Å²) in [6.45, 7) is 0. The third-order valence-corrected chi connectivity index (χ3v) is 2.81. The average Bonchev–Trinajstić information content (AvgIpc) is 2.03. The highest BCUT2D eigenvalue weighted by Gasteiger charge is 1.96. The van der Waals surface area contributed by atoms with Gasteiger partial charge in [-0.3, -0.25) is 4.21 Å². The van der Waals surface area contributed by atoms with Crippen molar-refractivity contribution in [3.63, 3.8) is 0 Å². The second-order valence-electron chi connectivity index (χ2n) is 2.35. The SMILES string of the molecule is O=S([O-])CCc1ccccc1Br. The van der Waals surface area contributed by atoms with E-state index in [1.165, 1.54) is 0 Å². The Hall–Kier alpha value is -0.190. The van der Waals surface area contributed by atoms with Gasteiger partial charge >= 0.3 is 0 Å². The molecule has 4 heteroatoms. The third kappa shape index (κ3) is 3.05. The predicted octanol–water partition coefficient (Wildman–Crippen LogP) is 1.87. The molecule has 2 nitrogen and oxygen atoms in total. The van der Waals surface area contributed by atoms with Crippen molar-refractivity contribution in [2.45, 2.75) is 6.42 Å².